The summed E-state index contributed by atoms with van der Waals surface area (Å²) in [5.74, 6) is 8.07. The van der Waals surface area contributed by atoms with Gasteiger partial charge < -0.3 is 0 Å². The molecule has 1 heterocycles. The number of pyridine rings is 1. The van der Waals surface area contributed by atoms with E-state index in [1.807, 2.05) is 0 Å². The minimum absolute atomic E-state index is 0.300. The van der Waals surface area contributed by atoms with Gasteiger partial charge in [0, 0.05) is 0 Å². The molecule has 26 heavy (non-hydrogen) atoms. The minimum atomic E-state index is -1.94. The number of aryl methyl sites for hydroxylation is 2. The van der Waals surface area contributed by atoms with E-state index in [1.165, 1.54) is 22.4 Å². The molecule has 0 atom stereocenters. The molecule has 1 aromatic carbocycles. The Bertz CT molecular complexity index is 789. The molecule has 1 aromatic heterocycles. The quantitative estimate of drug-likeness (QED) is 0.445. The molecule has 142 valence electrons. The van der Waals surface area contributed by atoms with Gasteiger partial charge in [0.2, 0.25) is 0 Å². The van der Waals surface area contributed by atoms with Crippen LogP contribution in [0.25, 0.3) is 11.3 Å². The number of nitrogens with zero attached hydrogens (tertiary/aromatic N) is 1. The second-order valence-corrected chi connectivity index (χ2v) is 21.0. The molecule has 2 rings (SSSR count). The van der Waals surface area contributed by atoms with Gasteiger partial charge in [0.25, 0.3) is 0 Å². The zero-order chi connectivity index (χ0) is 19.9. The van der Waals surface area contributed by atoms with E-state index in [4.69, 9.17) is 0 Å². The second kappa shape index (κ2) is 7.50. The molecule has 0 fully saturated rings. The van der Waals surface area contributed by atoms with Crippen LogP contribution in [0.1, 0.15) is 57.2 Å². The number of rotatable bonds is 4. The number of aromatic nitrogens is 1. The predicted molar refractivity (Wildman–Crippen MR) is 118 cm³/mol. The van der Waals surface area contributed by atoms with Gasteiger partial charge in [-0.15, -0.1) is 0 Å². The van der Waals surface area contributed by atoms with Crippen LogP contribution in [0.3, 0.4) is 0 Å². The third kappa shape index (κ3) is 5.00. The molecule has 2 aromatic rings. The Kier molecular flexibility index (Phi) is 6.12. The maximum absolute atomic E-state index is 2.51. The molecule has 2 heteroatoms. The summed E-state index contributed by atoms with van der Waals surface area (Å²) in [6, 6.07) is 9.44. The fraction of sp³-hybridized carbons (Fsp3) is 0.542. The van der Waals surface area contributed by atoms with Gasteiger partial charge in [-0.25, -0.2) is 0 Å². The van der Waals surface area contributed by atoms with E-state index < -0.39 is 13.3 Å². The van der Waals surface area contributed by atoms with Crippen molar-refractivity contribution in [2.45, 2.75) is 71.1 Å². The van der Waals surface area contributed by atoms with E-state index in [1.54, 1.807) is 9.96 Å². The number of benzene rings is 1. The van der Waals surface area contributed by atoms with Crippen LogP contribution in [0.15, 0.2) is 30.5 Å². The van der Waals surface area contributed by atoms with Crippen molar-refractivity contribution >= 4 is 17.7 Å². The first kappa shape index (κ1) is 21.2. The molecular formula is C24H38GeN+. The summed E-state index contributed by atoms with van der Waals surface area (Å²) >= 11 is -1.94. The Balaban J connectivity index is 2.71. The zero-order valence-corrected chi connectivity index (χ0v) is 20.7. The molecule has 0 aliphatic rings. The Morgan fingerprint density at radius 2 is 1.65 bits per heavy atom. The molecule has 0 aliphatic carbocycles. The third-order valence-corrected chi connectivity index (χ3v) is 9.43. The molecule has 0 aliphatic heterocycles. The summed E-state index contributed by atoms with van der Waals surface area (Å²) in [4.78, 5) is 0. The van der Waals surface area contributed by atoms with Gasteiger partial charge in [0.1, 0.15) is 0 Å². The standard InChI is InChI=1S/C24H38GeN/c1-17(2)19-12-11-18(3)21(13-19)23-14-20(15-24(4,5)6)22(16-26(23)10)25(7,8)9/h11-14,16-17H,15H2,1-10H3/q+1. The normalized spacial score (nSPS) is 12.7. The van der Waals surface area contributed by atoms with E-state index in [2.05, 4.69) is 101 Å². The molecule has 0 saturated heterocycles. The van der Waals surface area contributed by atoms with Crippen molar-refractivity contribution in [2.24, 2.45) is 12.5 Å². The molecule has 0 N–H and O–H groups in total. The molecular weight excluding hydrogens is 375 g/mol. The van der Waals surface area contributed by atoms with Crippen LogP contribution in [-0.4, -0.2) is 13.3 Å². The first-order valence-corrected chi connectivity index (χ1v) is 17.3. The summed E-state index contributed by atoms with van der Waals surface area (Å²) in [6.07, 6.45) is 3.58. The average Bonchev–Trinajstić information content (AvgIpc) is 2.46. The van der Waals surface area contributed by atoms with E-state index in [0.29, 0.717) is 11.3 Å². The van der Waals surface area contributed by atoms with Crippen molar-refractivity contribution in [1.82, 2.24) is 0 Å². The zero-order valence-electron chi connectivity index (χ0n) is 18.6. The molecule has 0 bridgehead atoms. The summed E-state index contributed by atoms with van der Waals surface area (Å²) in [6.45, 7) is 13.8. The van der Waals surface area contributed by atoms with Gasteiger partial charge in [-0.1, -0.05) is 0 Å². The van der Waals surface area contributed by atoms with Gasteiger partial charge in [0.15, 0.2) is 0 Å². The van der Waals surface area contributed by atoms with Gasteiger partial charge >= 0.3 is 164 Å². The SMILES string of the molecule is Cc1ccc(C(C)C)cc1-c1cc(CC(C)(C)C)[c]([Ge]([CH3])([CH3])[CH3])c[n+]1C. The summed E-state index contributed by atoms with van der Waals surface area (Å²) in [7, 11) is 2.22. The topological polar surface area (TPSA) is 3.88 Å². The molecule has 0 amide bonds. The summed E-state index contributed by atoms with van der Waals surface area (Å²) in [5.41, 5.74) is 7.36. The second-order valence-electron chi connectivity index (χ2n) is 10.4. The Hall–Kier alpha value is -1.09. The third-order valence-electron chi connectivity index (χ3n) is 5.09. The molecule has 0 radical (unpaired) electrons. The Morgan fingerprint density at radius 3 is 2.15 bits per heavy atom. The van der Waals surface area contributed by atoms with Gasteiger partial charge in [0.05, 0.1) is 0 Å². The van der Waals surface area contributed by atoms with Crippen LogP contribution in [0, 0.1) is 12.3 Å². The van der Waals surface area contributed by atoms with Crippen molar-refractivity contribution in [3.8, 4) is 11.3 Å². The van der Waals surface area contributed by atoms with Crippen molar-refractivity contribution in [1.29, 1.82) is 0 Å². The van der Waals surface area contributed by atoms with Crippen LogP contribution in [-0.2, 0) is 13.5 Å². The van der Waals surface area contributed by atoms with Crippen LogP contribution >= 0.6 is 0 Å². The van der Waals surface area contributed by atoms with Crippen molar-refractivity contribution in [3.63, 3.8) is 0 Å². The molecule has 0 saturated carbocycles. The van der Waals surface area contributed by atoms with Crippen molar-refractivity contribution in [3.05, 3.63) is 47.2 Å². The van der Waals surface area contributed by atoms with E-state index >= 15 is 0 Å². The maximum atomic E-state index is 2.51. The average molecular weight is 413 g/mol. The summed E-state index contributed by atoms with van der Waals surface area (Å²) in [5, 5.41) is 0. The van der Waals surface area contributed by atoms with Crippen LogP contribution in [0.4, 0.5) is 0 Å². The molecule has 0 unspecified atom stereocenters. The Morgan fingerprint density at radius 1 is 1.04 bits per heavy atom. The van der Waals surface area contributed by atoms with E-state index in [0.717, 1.165) is 6.42 Å². The van der Waals surface area contributed by atoms with Crippen molar-refractivity contribution in [2.75, 3.05) is 0 Å². The van der Waals surface area contributed by atoms with Crippen LogP contribution < -0.4 is 8.96 Å². The predicted octanol–water partition coefficient (Wildman–Crippen LogP) is 5.74. The van der Waals surface area contributed by atoms with Crippen LogP contribution in [0.5, 0.6) is 0 Å². The van der Waals surface area contributed by atoms with Gasteiger partial charge in [-0.05, 0) is 0 Å². The van der Waals surface area contributed by atoms with Crippen molar-refractivity contribution < 1.29 is 4.57 Å². The fourth-order valence-electron chi connectivity index (χ4n) is 3.63. The Labute approximate surface area is 164 Å². The fourth-order valence-corrected chi connectivity index (χ4v) is 7.20. The summed E-state index contributed by atoms with van der Waals surface area (Å²) < 4.78 is 4.01. The van der Waals surface area contributed by atoms with Crippen LogP contribution in [0.2, 0.25) is 17.3 Å². The monoisotopic (exact) mass is 414 g/mol. The number of hydrogen-bond donors (Lipinski definition) is 0. The van der Waals surface area contributed by atoms with E-state index in [9.17, 15) is 0 Å². The van der Waals surface area contributed by atoms with E-state index in [-0.39, 0.29) is 0 Å². The molecule has 0 spiro atoms. The number of hydrogen-bond acceptors (Lipinski definition) is 0. The molecule has 1 nitrogen and oxygen atoms in total. The van der Waals surface area contributed by atoms with Gasteiger partial charge in [-0.3, -0.25) is 0 Å². The first-order valence-electron chi connectivity index (χ1n) is 9.93. The first-order chi connectivity index (χ1) is 11.8. The van der Waals surface area contributed by atoms with Gasteiger partial charge in [-0.2, -0.15) is 0 Å².